The fourth-order valence-corrected chi connectivity index (χ4v) is 3.13. The molecule has 0 radical (unpaired) electrons. The van der Waals surface area contributed by atoms with E-state index in [9.17, 15) is 14.7 Å². The summed E-state index contributed by atoms with van der Waals surface area (Å²) < 4.78 is 0.683. The van der Waals surface area contributed by atoms with Crippen molar-refractivity contribution in [3.8, 4) is 0 Å². The minimum Gasteiger partial charge on any atom is -0.480 e. The van der Waals surface area contributed by atoms with Gasteiger partial charge in [0.1, 0.15) is 6.04 Å². The van der Waals surface area contributed by atoms with Crippen LogP contribution in [0.4, 0.5) is 0 Å². The van der Waals surface area contributed by atoms with E-state index in [1.54, 1.807) is 6.07 Å². The number of carbonyl (C=O) groups excluding carboxylic acids is 1. The molecule has 0 spiro atoms. The number of rotatable bonds is 7. The molecule has 1 aromatic carbocycles. The molecule has 0 aliphatic rings. The predicted molar refractivity (Wildman–Crippen MR) is 87.4 cm³/mol. The third-order valence-electron chi connectivity index (χ3n) is 3.14. The van der Waals surface area contributed by atoms with Crippen molar-refractivity contribution in [3.05, 3.63) is 57.2 Å². The zero-order valence-corrected chi connectivity index (χ0v) is 13.4. The number of hydrogen-bond acceptors (Lipinski definition) is 3. The van der Waals surface area contributed by atoms with Crippen LogP contribution in [0.1, 0.15) is 16.9 Å². The van der Waals surface area contributed by atoms with Crippen LogP contribution in [0.3, 0.4) is 0 Å². The highest BCUT2D eigenvalue weighted by molar-refractivity contribution is 7.16. The van der Waals surface area contributed by atoms with Crippen molar-refractivity contribution >= 4 is 34.8 Å². The second-order valence-corrected chi connectivity index (χ2v) is 6.65. The minimum absolute atomic E-state index is 0.245. The average Bonchev–Trinajstić information content (AvgIpc) is 2.91. The predicted octanol–water partition coefficient (Wildman–Crippen LogP) is 3.15. The summed E-state index contributed by atoms with van der Waals surface area (Å²) in [5.41, 5.74) is 0.875. The Balaban J connectivity index is 1.87. The van der Waals surface area contributed by atoms with Gasteiger partial charge in [-0.25, -0.2) is 4.79 Å². The van der Waals surface area contributed by atoms with E-state index in [1.807, 2.05) is 36.4 Å². The van der Waals surface area contributed by atoms with Crippen LogP contribution < -0.4 is 5.32 Å². The number of amides is 1. The Morgan fingerprint density at radius 1 is 1.18 bits per heavy atom. The number of carboxylic acids is 1. The van der Waals surface area contributed by atoms with Gasteiger partial charge in [-0.3, -0.25) is 4.79 Å². The summed E-state index contributed by atoms with van der Waals surface area (Å²) in [5, 5.41) is 11.8. The quantitative estimate of drug-likeness (QED) is 0.815. The van der Waals surface area contributed by atoms with Crippen LogP contribution in [-0.2, 0) is 22.4 Å². The number of aryl methyl sites for hydroxylation is 1. The lowest BCUT2D eigenvalue weighted by atomic mass is 10.1. The summed E-state index contributed by atoms with van der Waals surface area (Å²) in [6.07, 6.45) is 1.07. The molecule has 0 saturated carbocycles. The van der Waals surface area contributed by atoms with E-state index in [2.05, 4.69) is 5.32 Å². The van der Waals surface area contributed by atoms with Gasteiger partial charge in [0, 0.05) is 17.7 Å². The number of thiophene rings is 1. The maximum Gasteiger partial charge on any atom is 0.326 e. The zero-order chi connectivity index (χ0) is 15.9. The molecule has 4 nitrogen and oxygen atoms in total. The second kappa shape index (κ2) is 7.96. The van der Waals surface area contributed by atoms with E-state index in [-0.39, 0.29) is 18.7 Å². The van der Waals surface area contributed by atoms with E-state index in [1.165, 1.54) is 11.3 Å². The molecule has 6 heteroatoms. The van der Waals surface area contributed by atoms with Crippen molar-refractivity contribution in [2.75, 3.05) is 0 Å². The molecule has 0 aliphatic carbocycles. The molecule has 2 N–H and O–H groups in total. The van der Waals surface area contributed by atoms with Gasteiger partial charge in [-0.1, -0.05) is 41.9 Å². The van der Waals surface area contributed by atoms with E-state index in [0.717, 1.165) is 10.4 Å². The van der Waals surface area contributed by atoms with Gasteiger partial charge in [-0.05, 0) is 24.1 Å². The number of carbonyl (C=O) groups is 2. The van der Waals surface area contributed by atoms with Crippen molar-refractivity contribution in [1.29, 1.82) is 0 Å². The first-order valence-corrected chi connectivity index (χ1v) is 8.04. The lowest BCUT2D eigenvalue weighted by Gasteiger charge is -2.14. The monoisotopic (exact) mass is 337 g/mol. The van der Waals surface area contributed by atoms with Gasteiger partial charge in [0.15, 0.2) is 0 Å². The molecule has 2 aromatic rings. The maximum absolute atomic E-state index is 11.9. The standard InChI is InChI=1S/C16H16ClNO3S/c17-14-8-6-12(22-14)7-9-15(19)18-13(16(20)21)10-11-4-2-1-3-5-11/h1-6,8,13H,7,9-10H2,(H,18,19)(H,20,21)/t13-/m0/s1. The Bertz CT molecular complexity index is 642. The van der Waals surface area contributed by atoms with E-state index in [4.69, 9.17) is 11.6 Å². The van der Waals surface area contributed by atoms with Crippen LogP contribution in [0.2, 0.25) is 4.34 Å². The number of carboxylic acid groups (broad SMARTS) is 1. The summed E-state index contributed by atoms with van der Waals surface area (Å²) in [7, 11) is 0. The first-order valence-electron chi connectivity index (χ1n) is 6.85. The SMILES string of the molecule is O=C(CCc1ccc(Cl)s1)N[C@@H](Cc1ccccc1)C(=O)O. The third-order valence-corrected chi connectivity index (χ3v) is 4.43. The van der Waals surface area contributed by atoms with Crippen LogP contribution in [0.5, 0.6) is 0 Å². The highest BCUT2D eigenvalue weighted by atomic mass is 35.5. The number of nitrogens with one attached hydrogen (secondary N) is 1. The Kier molecular flexibility index (Phi) is 5.98. The molecular formula is C16H16ClNO3S. The molecule has 0 saturated heterocycles. The Hall–Kier alpha value is -1.85. The highest BCUT2D eigenvalue weighted by Gasteiger charge is 2.20. The van der Waals surface area contributed by atoms with E-state index >= 15 is 0 Å². The number of aliphatic carboxylic acids is 1. The summed E-state index contributed by atoms with van der Waals surface area (Å²) >= 11 is 7.26. The molecule has 1 atom stereocenters. The maximum atomic E-state index is 11.9. The van der Waals surface area contributed by atoms with Crippen molar-refractivity contribution in [3.63, 3.8) is 0 Å². The number of benzene rings is 1. The minimum atomic E-state index is -1.03. The van der Waals surface area contributed by atoms with Crippen LogP contribution in [-0.4, -0.2) is 23.0 Å². The van der Waals surface area contributed by atoms with Crippen molar-refractivity contribution < 1.29 is 14.7 Å². The summed E-state index contributed by atoms with van der Waals surface area (Å²) in [6, 6.07) is 12.0. The molecule has 0 aliphatic heterocycles. The molecular weight excluding hydrogens is 322 g/mol. The fourth-order valence-electron chi connectivity index (χ4n) is 2.04. The fraction of sp³-hybridized carbons (Fsp3) is 0.250. The van der Waals surface area contributed by atoms with Gasteiger partial charge in [-0.15, -0.1) is 11.3 Å². The summed E-state index contributed by atoms with van der Waals surface area (Å²) in [4.78, 5) is 24.2. The van der Waals surface area contributed by atoms with E-state index < -0.39 is 12.0 Å². The van der Waals surface area contributed by atoms with Gasteiger partial charge in [0.2, 0.25) is 5.91 Å². The highest BCUT2D eigenvalue weighted by Crippen LogP contribution is 2.22. The second-order valence-electron chi connectivity index (χ2n) is 4.85. The van der Waals surface area contributed by atoms with Crippen molar-refractivity contribution in [1.82, 2.24) is 5.32 Å². The first kappa shape index (κ1) is 16.5. The van der Waals surface area contributed by atoms with Gasteiger partial charge < -0.3 is 10.4 Å². The van der Waals surface area contributed by atoms with Crippen LogP contribution in [0, 0.1) is 0 Å². The van der Waals surface area contributed by atoms with Gasteiger partial charge >= 0.3 is 5.97 Å². The Morgan fingerprint density at radius 2 is 1.91 bits per heavy atom. The van der Waals surface area contributed by atoms with Crippen LogP contribution in [0.25, 0.3) is 0 Å². The molecule has 2 rings (SSSR count). The molecule has 0 fully saturated rings. The number of halogens is 1. The molecule has 22 heavy (non-hydrogen) atoms. The van der Waals surface area contributed by atoms with Crippen LogP contribution >= 0.6 is 22.9 Å². The summed E-state index contributed by atoms with van der Waals surface area (Å²) in [5.74, 6) is -1.30. The largest absolute Gasteiger partial charge is 0.480 e. The Morgan fingerprint density at radius 3 is 2.50 bits per heavy atom. The smallest absolute Gasteiger partial charge is 0.326 e. The molecule has 0 unspecified atom stereocenters. The average molecular weight is 338 g/mol. The first-order chi connectivity index (χ1) is 10.5. The third kappa shape index (κ3) is 5.16. The summed E-state index contributed by atoms with van der Waals surface area (Å²) in [6.45, 7) is 0. The molecule has 116 valence electrons. The lowest BCUT2D eigenvalue weighted by molar-refractivity contribution is -0.141. The van der Waals surface area contributed by atoms with Crippen LogP contribution in [0.15, 0.2) is 42.5 Å². The van der Waals surface area contributed by atoms with Gasteiger partial charge in [0.05, 0.1) is 4.34 Å². The lowest BCUT2D eigenvalue weighted by Crippen LogP contribution is -2.42. The van der Waals surface area contributed by atoms with Crippen molar-refractivity contribution in [2.45, 2.75) is 25.3 Å². The van der Waals surface area contributed by atoms with E-state index in [0.29, 0.717) is 10.8 Å². The molecule has 0 bridgehead atoms. The molecule has 1 heterocycles. The normalized spacial score (nSPS) is 11.9. The zero-order valence-electron chi connectivity index (χ0n) is 11.8. The van der Waals surface area contributed by atoms with Gasteiger partial charge in [0.25, 0.3) is 0 Å². The Labute approximate surface area is 137 Å². The molecule has 1 aromatic heterocycles. The topological polar surface area (TPSA) is 66.4 Å². The number of hydrogen-bond donors (Lipinski definition) is 2. The van der Waals surface area contributed by atoms with Crippen molar-refractivity contribution in [2.24, 2.45) is 0 Å². The van der Waals surface area contributed by atoms with Gasteiger partial charge in [-0.2, -0.15) is 0 Å². The molecule has 1 amide bonds.